The third kappa shape index (κ3) is 6.71. The second kappa shape index (κ2) is 8.94. The highest BCUT2D eigenvalue weighted by Gasteiger charge is 2.41. The molecule has 8 nitrogen and oxygen atoms in total. The molecule has 0 aliphatic carbocycles. The maximum atomic E-state index is 12.8. The fourth-order valence-corrected chi connectivity index (χ4v) is 3.83. The quantitative estimate of drug-likeness (QED) is 0.673. The topological polar surface area (TPSA) is 93.2 Å². The van der Waals surface area contributed by atoms with E-state index in [0.29, 0.717) is 6.42 Å². The number of carbonyl (C=O) groups is 4. The van der Waals surface area contributed by atoms with Gasteiger partial charge < -0.3 is 19.3 Å². The van der Waals surface area contributed by atoms with Crippen LogP contribution in [0.3, 0.4) is 0 Å². The largest absolute Gasteiger partial charge is 0.444 e. The van der Waals surface area contributed by atoms with E-state index in [1.165, 1.54) is 0 Å². The summed E-state index contributed by atoms with van der Waals surface area (Å²) in [4.78, 5) is 53.2. The number of amides is 2. The van der Waals surface area contributed by atoms with E-state index in [2.05, 4.69) is 0 Å². The number of ether oxygens (including phenoxy) is 2. The van der Waals surface area contributed by atoms with Crippen molar-refractivity contribution in [2.75, 3.05) is 13.1 Å². The summed E-state index contributed by atoms with van der Waals surface area (Å²) in [6, 6.07) is -0.846. The van der Waals surface area contributed by atoms with Gasteiger partial charge in [-0.3, -0.25) is 9.59 Å². The van der Waals surface area contributed by atoms with Crippen molar-refractivity contribution in [1.82, 2.24) is 9.80 Å². The molecular formula is C22H36N2O6. The average Bonchev–Trinajstić information content (AvgIpc) is 2.54. The van der Waals surface area contributed by atoms with Crippen LogP contribution in [0.5, 0.6) is 0 Å². The first-order valence-electron chi connectivity index (χ1n) is 10.7. The number of nitrogens with zero attached hydrogens (tertiary/aromatic N) is 2. The molecule has 0 aromatic heterocycles. The molecule has 0 spiro atoms. The number of ketones is 2. The Kier molecular flexibility index (Phi) is 7.20. The molecule has 0 saturated carbocycles. The summed E-state index contributed by atoms with van der Waals surface area (Å²) < 4.78 is 11.1. The van der Waals surface area contributed by atoms with E-state index >= 15 is 0 Å². The number of hydrogen-bond acceptors (Lipinski definition) is 6. The molecule has 2 aliphatic rings. The predicted molar refractivity (Wildman–Crippen MR) is 111 cm³/mol. The van der Waals surface area contributed by atoms with Crippen LogP contribution in [0.25, 0.3) is 0 Å². The lowest BCUT2D eigenvalue weighted by atomic mass is 9.87. The van der Waals surface area contributed by atoms with Gasteiger partial charge in [0.25, 0.3) is 0 Å². The smallest absolute Gasteiger partial charge is 0.410 e. The zero-order valence-electron chi connectivity index (χ0n) is 19.3. The molecule has 0 bridgehead atoms. The van der Waals surface area contributed by atoms with Crippen molar-refractivity contribution in [3.05, 3.63) is 0 Å². The van der Waals surface area contributed by atoms with Crippen LogP contribution in [0.1, 0.15) is 74.1 Å². The minimum Gasteiger partial charge on any atom is -0.444 e. The molecule has 0 radical (unpaired) electrons. The number of likely N-dealkylation sites (tertiary alicyclic amines) is 2. The molecule has 2 aliphatic heterocycles. The Hall–Kier alpha value is -2.12. The molecule has 170 valence electrons. The zero-order valence-corrected chi connectivity index (χ0v) is 19.3. The van der Waals surface area contributed by atoms with Gasteiger partial charge in [0.15, 0.2) is 0 Å². The van der Waals surface area contributed by atoms with Crippen LogP contribution in [0.4, 0.5) is 9.59 Å². The fourth-order valence-electron chi connectivity index (χ4n) is 3.83. The van der Waals surface area contributed by atoms with Crippen LogP contribution in [0.15, 0.2) is 0 Å². The van der Waals surface area contributed by atoms with E-state index < -0.39 is 35.5 Å². The normalized spacial score (nSPS) is 25.9. The monoisotopic (exact) mass is 424 g/mol. The fraction of sp³-hybridized carbons (Fsp3) is 0.818. The van der Waals surface area contributed by atoms with Crippen molar-refractivity contribution < 1.29 is 28.7 Å². The molecule has 30 heavy (non-hydrogen) atoms. The third-order valence-electron chi connectivity index (χ3n) is 5.23. The highest BCUT2D eigenvalue weighted by molar-refractivity contribution is 5.85. The number of piperidine rings is 2. The lowest BCUT2D eigenvalue weighted by molar-refractivity contribution is -0.127. The summed E-state index contributed by atoms with van der Waals surface area (Å²) in [6.07, 6.45) is 0.0566. The van der Waals surface area contributed by atoms with E-state index in [4.69, 9.17) is 9.47 Å². The van der Waals surface area contributed by atoms with Gasteiger partial charge >= 0.3 is 12.2 Å². The van der Waals surface area contributed by atoms with Gasteiger partial charge in [0.1, 0.15) is 22.8 Å². The summed E-state index contributed by atoms with van der Waals surface area (Å²) in [7, 11) is 0. The van der Waals surface area contributed by atoms with Crippen molar-refractivity contribution in [3.63, 3.8) is 0 Å². The number of carbonyl (C=O) groups excluding carboxylic acids is 4. The Balaban J connectivity index is 2.21. The molecule has 0 N–H and O–H groups in total. The maximum absolute atomic E-state index is 12.8. The number of Topliss-reactive ketones (excluding diaryl/α,β-unsaturated/α-hetero) is 2. The Morgan fingerprint density at radius 2 is 1.40 bits per heavy atom. The molecule has 1 unspecified atom stereocenters. The second-order valence-corrected chi connectivity index (χ2v) is 10.4. The van der Waals surface area contributed by atoms with Crippen LogP contribution in [0, 0.1) is 5.92 Å². The standard InChI is InChI=1S/C22H36N2O6/c1-14-13-24(20(28)30-22(5,6)7)16(12-18(14)26)10-15-11-17(25)8-9-23(15)19(27)29-21(2,3)4/h14-16H,8-13H2,1-7H3/t14-,15+,16?/m0/s1. The summed E-state index contributed by atoms with van der Waals surface area (Å²) in [6.45, 7) is 13.1. The van der Waals surface area contributed by atoms with E-state index in [9.17, 15) is 19.2 Å². The minimum atomic E-state index is -0.657. The zero-order chi connectivity index (χ0) is 22.9. The molecule has 2 saturated heterocycles. The number of hydrogen-bond donors (Lipinski definition) is 0. The molecule has 0 aromatic carbocycles. The summed E-state index contributed by atoms with van der Waals surface area (Å²) in [5, 5.41) is 0. The van der Waals surface area contributed by atoms with Crippen LogP contribution in [-0.4, -0.2) is 69.9 Å². The van der Waals surface area contributed by atoms with Crippen molar-refractivity contribution >= 4 is 23.8 Å². The maximum Gasteiger partial charge on any atom is 0.410 e. The van der Waals surface area contributed by atoms with Crippen molar-refractivity contribution in [1.29, 1.82) is 0 Å². The lowest BCUT2D eigenvalue weighted by Gasteiger charge is -2.43. The Labute approximate surface area is 179 Å². The molecule has 0 aromatic rings. The molecule has 2 amide bonds. The highest BCUT2D eigenvalue weighted by Crippen LogP contribution is 2.29. The van der Waals surface area contributed by atoms with Crippen LogP contribution < -0.4 is 0 Å². The Morgan fingerprint density at radius 1 is 0.900 bits per heavy atom. The van der Waals surface area contributed by atoms with Crippen LogP contribution >= 0.6 is 0 Å². The highest BCUT2D eigenvalue weighted by atomic mass is 16.6. The van der Waals surface area contributed by atoms with Crippen molar-refractivity contribution in [3.8, 4) is 0 Å². The first kappa shape index (κ1) is 24.2. The van der Waals surface area contributed by atoms with Gasteiger partial charge in [-0.1, -0.05) is 6.92 Å². The first-order chi connectivity index (χ1) is 13.7. The van der Waals surface area contributed by atoms with E-state index in [1.807, 2.05) is 0 Å². The van der Waals surface area contributed by atoms with E-state index in [0.717, 1.165) is 0 Å². The van der Waals surface area contributed by atoms with Gasteiger partial charge in [-0.15, -0.1) is 0 Å². The van der Waals surface area contributed by atoms with Gasteiger partial charge in [-0.25, -0.2) is 9.59 Å². The Morgan fingerprint density at radius 3 is 1.93 bits per heavy atom. The molecule has 2 fully saturated rings. The van der Waals surface area contributed by atoms with Gasteiger partial charge in [0, 0.05) is 50.4 Å². The molecular weight excluding hydrogens is 388 g/mol. The van der Waals surface area contributed by atoms with Crippen molar-refractivity contribution in [2.24, 2.45) is 5.92 Å². The molecule has 2 heterocycles. The minimum absolute atomic E-state index is 0.0686. The van der Waals surface area contributed by atoms with Gasteiger partial charge in [-0.2, -0.15) is 0 Å². The summed E-state index contributed by atoms with van der Waals surface area (Å²) in [5.74, 6) is -0.131. The van der Waals surface area contributed by atoms with Crippen molar-refractivity contribution in [2.45, 2.75) is 97.4 Å². The Bertz CT molecular complexity index is 691. The van der Waals surface area contributed by atoms with Gasteiger partial charge in [-0.05, 0) is 48.0 Å². The van der Waals surface area contributed by atoms with E-state index in [1.54, 1.807) is 58.3 Å². The predicted octanol–water partition coefficient (Wildman–Crippen LogP) is 3.56. The molecule has 2 rings (SSSR count). The summed E-state index contributed by atoms with van der Waals surface area (Å²) in [5.41, 5.74) is -1.31. The average molecular weight is 425 g/mol. The molecule has 3 atom stereocenters. The number of rotatable bonds is 2. The van der Waals surface area contributed by atoms with Gasteiger partial charge in [0.05, 0.1) is 0 Å². The van der Waals surface area contributed by atoms with Crippen LogP contribution in [0.2, 0.25) is 0 Å². The second-order valence-electron chi connectivity index (χ2n) is 10.4. The third-order valence-corrected chi connectivity index (χ3v) is 5.23. The van der Waals surface area contributed by atoms with E-state index in [-0.39, 0.29) is 49.8 Å². The SMILES string of the molecule is C[C@H]1CN(C(=O)OC(C)(C)C)C(C[C@@H]2CC(=O)CCN2C(=O)OC(C)(C)C)CC1=O. The summed E-state index contributed by atoms with van der Waals surface area (Å²) >= 11 is 0. The van der Waals surface area contributed by atoms with Crippen LogP contribution in [-0.2, 0) is 19.1 Å². The van der Waals surface area contributed by atoms with Gasteiger partial charge in [0.2, 0.25) is 0 Å². The lowest BCUT2D eigenvalue weighted by Crippen LogP contribution is -2.55. The molecule has 8 heteroatoms. The first-order valence-corrected chi connectivity index (χ1v) is 10.7.